The van der Waals surface area contributed by atoms with Crippen LogP contribution in [0.4, 0.5) is 5.69 Å². The van der Waals surface area contributed by atoms with Gasteiger partial charge in [0.1, 0.15) is 0 Å². The van der Waals surface area contributed by atoms with E-state index in [0.29, 0.717) is 11.3 Å². The number of nitrogens with zero attached hydrogens (tertiary/aromatic N) is 2. The smallest absolute Gasteiger partial charge is 0.353 e. The summed E-state index contributed by atoms with van der Waals surface area (Å²) < 4.78 is 4.89. The summed E-state index contributed by atoms with van der Waals surface area (Å²) in [5, 5.41) is 15.3. The fourth-order valence-electron chi connectivity index (χ4n) is 2.87. The number of rotatable bonds is 5. The lowest BCUT2D eigenvalue weighted by Gasteiger charge is -2.23. The number of carbonyl (C=O) groups is 1. The van der Waals surface area contributed by atoms with Gasteiger partial charge in [-0.3, -0.25) is 10.1 Å². The van der Waals surface area contributed by atoms with Gasteiger partial charge >= 0.3 is 5.97 Å². The van der Waals surface area contributed by atoms with Gasteiger partial charge in [0.05, 0.1) is 17.7 Å². The highest BCUT2D eigenvalue weighted by Gasteiger charge is 2.49. The lowest BCUT2D eigenvalue weighted by atomic mass is 9.87. The molecule has 0 saturated heterocycles. The minimum atomic E-state index is -1.41. The summed E-state index contributed by atoms with van der Waals surface area (Å²) in [6, 6.07) is 15.6. The Morgan fingerprint density at radius 3 is 2.60 bits per heavy atom. The maximum Gasteiger partial charge on any atom is 0.353 e. The second-order valence-electron chi connectivity index (χ2n) is 5.72. The molecular formula is C18H16N2O5. The van der Waals surface area contributed by atoms with Crippen LogP contribution in [0.3, 0.4) is 0 Å². The van der Waals surface area contributed by atoms with Crippen molar-refractivity contribution in [2.24, 2.45) is 5.16 Å². The molecule has 1 aliphatic rings. The Kier molecular flexibility index (Phi) is 4.47. The molecule has 1 unspecified atom stereocenters. The predicted octanol–water partition coefficient (Wildman–Crippen LogP) is 2.87. The van der Waals surface area contributed by atoms with Crippen LogP contribution >= 0.6 is 0 Å². The molecule has 25 heavy (non-hydrogen) atoms. The molecule has 0 aromatic heterocycles. The summed E-state index contributed by atoms with van der Waals surface area (Å²) in [6.45, 7) is 0. The van der Waals surface area contributed by atoms with Crippen LogP contribution in [-0.2, 0) is 20.8 Å². The van der Waals surface area contributed by atoms with E-state index in [0.717, 1.165) is 5.56 Å². The van der Waals surface area contributed by atoms with Gasteiger partial charge in [-0.25, -0.2) is 4.79 Å². The quantitative estimate of drug-likeness (QED) is 0.474. The van der Waals surface area contributed by atoms with E-state index >= 15 is 0 Å². The van der Waals surface area contributed by atoms with Crippen LogP contribution in [0.5, 0.6) is 0 Å². The van der Waals surface area contributed by atoms with Crippen molar-refractivity contribution < 1.29 is 19.3 Å². The van der Waals surface area contributed by atoms with Crippen LogP contribution in [0.15, 0.2) is 59.8 Å². The number of oxime groups is 1. The van der Waals surface area contributed by atoms with Gasteiger partial charge < -0.3 is 9.57 Å². The van der Waals surface area contributed by atoms with E-state index in [2.05, 4.69) is 5.16 Å². The number of nitro groups is 1. The third kappa shape index (κ3) is 3.21. The van der Waals surface area contributed by atoms with E-state index in [4.69, 9.17) is 9.57 Å². The number of methoxy groups -OCH3 is 1. The highest BCUT2D eigenvalue weighted by atomic mass is 16.7. The van der Waals surface area contributed by atoms with Gasteiger partial charge in [-0.1, -0.05) is 53.7 Å². The molecule has 0 bridgehead atoms. The molecular weight excluding hydrogens is 324 g/mol. The normalized spacial score (nSPS) is 19.0. The molecule has 0 fully saturated rings. The fraction of sp³-hybridized carbons (Fsp3) is 0.222. The molecule has 0 aliphatic carbocycles. The summed E-state index contributed by atoms with van der Waals surface area (Å²) >= 11 is 0. The van der Waals surface area contributed by atoms with Crippen molar-refractivity contribution in [1.29, 1.82) is 0 Å². The highest BCUT2D eigenvalue weighted by molar-refractivity contribution is 6.04. The Balaban J connectivity index is 1.93. The third-order valence-corrected chi connectivity index (χ3v) is 4.11. The first kappa shape index (κ1) is 16.6. The number of hydrogen-bond acceptors (Lipinski definition) is 6. The van der Waals surface area contributed by atoms with Gasteiger partial charge in [0, 0.05) is 24.5 Å². The maximum absolute atomic E-state index is 12.4. The first-order chi connectivity index (χ1) is 12.1. The SMILES string of the molecule is COC(=O)C1(Cc2ccccc2[N+](=O)[O-])CC(c2ccccc2)=NO1. The first-order valence-electron chi connectivity index (χ1n) is 7.67. The lowest BCUT2D eigenvalue weighted by Crippen LogP contribution is -2.42. The van der Waals surface area contributed by atoms with Crippen molar-refractivity contribution >= 4 is 17.4 Å². The largest absolute Gasteiger partial charge is 0.466 e. The maximum atomic E-state index is 12.4. The zero-order chi connectivity index (χ0) is 17.9. The number of para-hydroxylation sites is 1. The molecule has 0 saturated carbocycles. The van der Waals surface area contributed by atoms with E-state index < -0.39 is 16.5 Å². The number of nitro benzene ring substituents is 1. The predicted molar refractivity (Wildman–Crippen MR) is 90.2 cm³/mol. The van der Waals surface area contributed by atoms with Crippen molar-refractivity contribution in [1.82, 2.24) is 0 Å². The van der Waals surface area contributed by atoms with Gasteiger partial charge in [0.25, 0.3) is 5.69 Å². The van der Waals surface area contributed by atoms with Crippen LogP contribution in [-0.4, -0.2) is 29.3 Å². The summed E-state index contributed by atoms with van der Waals surface area (Å²) in [4.78, 5) is 28.7. The van der Waals surface area contributed by atoms with Gasteiger partial charge in [0.15, 0.2) is 0 Å². The Morgan fingerprint density at radius 1 is 1.24 bits per heavy atom. The summed E-state index contributed by atoms with van der Waals surface area (Å²) in [5.74, 6) is -0.611. The van der Waals surface area contributed by atoms with Crippen LogP contribution in [0.2, 0.25) is 0 Å². The van der Waals surface area contributed by atoms with Gasteiger partial charge in [0.2, 0.25) is 5.60 Å². The van der Waals surface area contributed by atoms with E-state index in [9.17, 15) is 14.9 Å². The number of carbonyl (C=O) groups excluding carboxylic acids is 1. The molecule has 1 aliphatic heterocycles. The average Bonchev–Trinajstić information content (AvgIpc) is 3.07. The minimum Gasteiger partial charge on any atom is -0.466 e. The second-order valence-corrected chi connectivity index (χ2v) is 5.72. The van der Waals surface area contributed by atoms with Crippen molar-refractivity contribution in [3.8, 4) is 0 Å². The van der Waals surface area contributed by atoms with E-state index in [1.54, 1.807) is 18.2 Å². The first-order valence-corrected chi connectivity index (χ1v) is 7.67. The molecule has 0 N–H and O–H groups in total. The molecule has 2 aromatic rings. The van der Waals surface area contributed by atoms with Crippen molar-refractivity contribution in [3.05, 3.63) is 75.8 Å². The van der Waals surface area contributed by atoms with E-state index in [-0.39, 0.29) is 18.5 Å². The average molecular weight is 340 g/mol. The Labute approximate surface area is 144 Å². The van der Waals surface area contributed by atoms with Crippen LogP contribution in [0.1, 0.15) is 17.5 Å². The molecule has 0 radical (unpaired) electrons. The Hall–Kier alpha value is -3.22. The van der Waals surface area contributed by atoms with Gasteiger partial charge in [-0.2, -0.15) is 0 Å². The standard InChI is InChI=1S/C18H16N2O5/c1-24-17(21)18(11-14-9-5-6-10-16(14)20(22)23)12-15(19-25-18)13-7-3-2-4-8-13/h2-10H,11-12H2,1H3. The van der Waals surface area contributed by atoms with Crippen molar-refractivity contribution in [3.63, 3.8) is 0 Å². The highest BCUT2D eigenvalue weighted by Crippen LogP contribution is 2.34. The zero-order valence-electron chi connectivity index (χ0n) is 13.5. The Bertz CT molecular complexity index is 834. The van der Waals surface area contributed by atoms with Crippen molar-refractivity contribution in [2.45, 2.75) is 18.4 Å². The molecule has 0 amide bonds. The number of hydrogen-bond donors (Lipinski definition) is 0. The number of benzene rings is 2. The molecule has 7 heteroatoms. The van der Waals surface area contributed by atoms with Gasteiger partial charge in [-0.15, -0.1) is 0 Å². The second kappa shape index (κ2) is 6.72. The summed E-state index contributed by atoms with van der Waals surface area (Å²) in [7, 11) is 1.26. The Morgan fingerprint density at radius 2 is 1.92 bits per heavy atom. The third-order valence-electron chi connectivity index (χ3n) is 4.11. The molecule has 0 spiro atoms. The van der Waals surface area contributed by atoms with Crippen LogP contribution in [0, 0.1) is 10.1 Å². The number of ether oxygens (including phenoxy) is 1. The molecule has 2 aromatic carbocycles. The lowest BCUT2D eigenvalue weighted by molar-refractivity contribution is -0.385. The van der Waals surface area contributed by atoms with E-state index in [1.807, 2.05) is 30.3 Å². The molecule has 1 heterocycles. The van der Waals surface area contributed by atoms with E-state index in [1.165, 1.54) is 13.2 Å². The molecule has 1 atom stereocenters. The van der Waals surface area contributed by atoms with Gasteiger partial charge in [-0.05, 0) is 5.56 Å². The monoisotopic (exact) mass is 340 g/mol. The topological polar surface area (TPSA) is 91.0 Å². The van der Waals surface area contributed by atoms with Crippen LogP contribution < -0.4 is 0 Å². The molecule has 3 rings (SSSR count). The molecule has 128 valence electrons. The molecule has 7 nitrogen and oxygen atoms in total. The minimum absolute atomic E-state index is 0.00331. The number of esters is 1. The van der Waals surface area contributed by atoms with Crippen LogP contribution in [0.25, 0.3) is 0 Å². The van der Waals surface area contributed by atoms with Crippen molar-refractivity contribution in [2.75, 3.05) is 7.11 Å². The fourth-order valence-corrected chi connectivity index (χ4v) is 2.87. The summed E-state index contributed by atoms with van der Waals surface area (Å²) in [5.41, 5.74) is 0.344. The zero-order valence-corrected chi connectivity index (χ0v) is 13.5. The summed E-state index contributed by atoms with van der Waals surface area (Å²) in [6.07, 6.45) is 0.173.